The number of nitrogens with zero attached hydrogens (tertiary/aromatic N) is 2. The van der Waals surface area contributed by atoms with Crippen molar-refractivity contribution < 1.29 is 8.83 Å². The maximum absolute atomic E-state index is 6.36. The van der Waals surface area contributed by atoms with Gasteiger partial charge in [0.05, 0.1) is 16.8 Å². The first kappa shape index (κ1) is 31.9. The predicted molar refractivity (Wildman–Crippen MR) is 233 cm³/mol. The Balaban J connectivity index is 1.03. The van der Waals surface area contributed by atoms with Crippen molar-refractivity contribution in [3.05, 3.63) is 206 Å². The molecule has 0 aliphatic heterocycles. The molecule has 9 aromatic carbocycles. The van der Waals surface area contributed by atoms with Crippen LogP contribution in [-0.2, 0) is 0 Å². The molecule has 0 radical (unpaired) electrons. The lowest BCUT2D eigenvalue weighted by atomic mass is 9.96. The average molecular weight is 719 g/mol. The third kappa shape index (κ3) is 5.23. The summed E-state index contributed by atoms with van der Waals surface area (Å²) in [5, 5.41) is 6.77. The second kappa shape index (κ2) is 13.1. The van der Waals surface area contributed by atoms with E-state index in [-0.39, 0.29) is 0 Å². The van der Waals surface area contributed by atoms with Crippen LogP contribution in [0.15, 0.2) is 215 Å². The highest BCUT2D eigenvalue weighted by Gasteiger charge is 2.21. The van der Waals surface area contributed by atoms with Crippen LogP contribution in [-0.4, -0.2) is 0 Å². The molecule has 0 atom stereocenters. The number of furan rings is 2. The summed E-state index contributed by atoms with van der Waals surface area (Å²) in [6.07, 6.45) is 0. The van der Waals surface area contributed by atoms with Gasteiger partial charge in [-0.25, -0.2) is 0 Å². The smallest absolute Gasteiger partial charge is 0.137 e. The fourth-order valence-corrected chi connectivity index (χ4v) is 8.32. The van der Waals surface area contributed by atoms with E-state index in [0.717, 1.165) is 89.0 Å². The van der Waals surface area contributed by atoms with E-state index in [1.54, 1.807) is 0 Å². The molecule has 2 heterocycles. The first-order valence-electron chi connectivity index (χ1n) is 18.9. The monoisotopic (exact) mass is 718 g/mol. The molecule has 0 spiro atoms. The summed E-state index contributed by atoms with van der Waals surface area (Å²) < 4.78 is 12.7. The summed E-state index contributed by atoms with van der Waals surface area (Å²) in [5.74, 6) is 0. The fourth-order valence-electron chi connectivity index (χ4n) is 8.32. The number of hydrogen-bond acceptors (Lipinski definition) is 4. The van der Waals surface area contributed by atoms with Gasteiger partial charge >= 0.3 is 0 Å². The standard InChI is InChI=1S/C52H34N2O2/c1-3-14-36(15-4-1)53(47-22-13-25-50-52(47)45-21-10-12-24-49(45)55-50)38-28-26-35(27-29-38)40-32-33-46(42-19-8-7-18-41(40)42)54(37-16-5-2-6-17-37)39-30-31-44-43-20-9-11-23-48(43)56-51(44)34-39/h1-34H. The second-order valence-corrected chi connectivity index (χ2v) is 14.1. The van der Waals surface area contributed by atoms with E-state index in [9.17, 15) is 0 Å². The van der Waals surface area contributed by atoms with E-state index >= 15 is 0 Å². The van der Waals surface area contributed by atoms with Crippen LogP contribution in [0.4, 0.5) is 34.1 Å². The van der Waals surface area contributed by atoms with Crippen molar-refractivity contribution in [2.45, 2.75) is 0 Å². The Hall–Kier alpha value is -7.56. The van der Waals surface area contributed by atoms with Crippen molar-refractivity contribution in [3.63, 3.8) is 0 Å². The molecule has 11 aromatic rings. The zero-order valence-electron chi connectivity index (χ0n) is 30.3. The molecule has 264 valence electrons. The maximum Gasteiger partial charge on any atom is 0.137 e. The summed E-state index contributed by atoms with van der Waals surface area (Å²) in [6, 6.07) is 72.6. The molecule has 11 rings (SSSR count). The molecule has 0 aliphatic rings. The van der Waals surface area contributed by atoms with Crippen LogP contribution in [0.2, 0.25) is 0 Å². The molecule has 0 aliphatic carbocycles. The lowest BCUT2D eigenvalue weighted by Gasteiger charge is -2.28. The highest BCUT2D eigenvalue weighted by Crippen LogP contribution is 2.46. The summed E-state index contributed by atoms with van der Waals surface area (Å²) in [7, 11) is 0. The lowest BCUT2D eigenvalue weighted by Crippen LogP contribution is -2.10. The van der Waals surface area contributed by atoms with Crippen LogP contribution in [0.3, 0.4) is 0 Å². The predicted octanol–water partition coefficient (Wildman–Crippen LogP) is 15.2. The van der Waals surface area contributed by atoms with Gasteiger partial charge in [0.15, 0.2) is 0 Å². The number of para-hydroxylation sites is 4. The van der Waals surface area contributed by atoms with Gasteiger partial charge in [-0.2, -0.15) is 0 Å². The van der Waals surface area contributed by atoms with Gasteiger partial charge in [0.2, 0.25) is 0 Å². The van der Waals surface area contributed by atoms with Crippen molar-refractivity contribution in [3.8, 4) is 11.1 Å². The van der Waals surface area contributed by atoms with Crippen LogP contribution in [0.1, 0.15) is 0 Å². The number of benzene rings is 9. The minimum absolute atomic E-state index is 0.868. The van der Waals surface area contributed by atoms with Gasteiger partial charge in [-0.05, 0) is 95.4 Å². The third-order valence-corrected chi connectivity index (χ3v) is 10.8. The summed E-state index contributed by atoms with van der Waals surface area (Å²) in [4.78, 5) is 4.66. The van der Waals surface area contributed by atoms with Crippen LogP contribution < -0.4 is 9.80 Å². The number of anilines is 6. The molecular formula is C52H34N2O2. The Kier molecular flexibility index (Phi) is 7.46. The molecule has 0 N–H and O–H groups in total. The normalized spacial score (nSPS) is 11.6. The lowest BCUT2D eigenvalue weighted by molar-refractivity contribution is 0.668. The van der Waals surface area contributed by atoms with Gasteiger partial charge in [0.1, 0.15) is 22.3 Å². The highest BCUT2D eigenvalue weighted by atomic mass is 16.3. The van der Waals surface area contributed by atoms with Crippen molar-refractivity contribution in [1.82, 2.24) is 0 Å². The molecule has 56 heavy (non-hydrogen) atoms. The first-order valence-corrected chi connectivity index (χ1v) is 18.9. The van der Waals surface area contributed by atoms with Crippen molar-refractivity contribution in [2.24, 2.45) is 0 Å². The topological polar surface area (TPSA) is 32.8 Å². The van der Waals surface area contributed by atoms with Gasteiger partial charge in [-0.15, -0.1) is 0 Å². The van der Waals surface area contributed by atoms with E-state index in [0.29, 0.717) is 0 Å². The van der Waals surface area contributed by atoms with Gasteiger partial charge in [0, 0.05) is 50.4 Å². The molecular weight excluding hydrogens is 685 g/mol. The Morgan fingerprint density at radius 2 is 0.804 bits per heavy atom. The molecule has 0 fully saturated rings. The minimum atomic E-state index is 0.868. The molecule has 2 aromatic heterocycles. The number of hydrogen-bond donors (Lipinski definition) is 0. The van der Waals surface area contributed by atoms with Gasteiger partial charge in [-0.3, -0.25) is 0 Å². The molecule has 0 bridgehead atoms. The Morgan fingerprint density at radius 1 is 0.286 bits per heavy atom. The number of fused-ring (bicyclic) bond motifs is 7. The Bertz CT molecular complexity index is 3200. The summed E-state index contributed by atoms with van der Waals surface area (Å²) >= 11 is 0. The van der Waals surface area contributed by atoms with E-state index in [1.165, 1.54) is 10.9 Å². The van der Waals surface area contributed by atoms with Crippen molar-refractivity contribution in [1.29, 1.82) is 0 Å². The van der Waals surface area contributed by atoms with Crippen LogP contribution in [0.25, 0.3) is 65.8 Å². The zero-order valence-corrected chi connectivity index (χ0v) is 30.3. The van der Waals surface area contributed by atoms with Crippen LogP contribution in [0, 0.1) is 0 Å². The molecule has 4 nitrogen and oxygen atoms in total. The van der Waals surface area contributed by atoms with Gasteiger partial charge < -0.3 is 18.6 Å². The SMILES string of the molecule is c1ccc(N(c2ccc3c(c2)oc2ccccc23)c2ccc(-c3ccc(N(c4ccccc4)c4cccc5oc6ccccc6c45)cc3)c3ccccc23)cc1. The third-order valence-electron chi connectivity index (χ3n) is 10.8. The average Bonchev–Trinajstić information content (AvgIpc) is 3.84. The van der Waals surface area contributed by atoms with E-state index in [4.69, 9.17) is 8.83 Å². The molecule has 0 amide bonds. The summed E-state index contributed by atoms with van der Waals surface area (Å²) in [6.45, 7) is 0. The molecule has 0 saturated carbocycles. The molecule has 4 heteroatoms. The largest absolute Gasteiger partial charge is 0.456 e. The first-order chi connectivity index (χ1) is 27.8. The van der Waals surface area contributed by atoms with Crippen LogP contribution >= 0.6 is 0 Å². The maximum atomic E-state index is 6.36. The quantitative estimate of drug-likeness (QED) is 0.164. The van der Waals surface area contributed by atoms with Gasteiger partial charge in [-0.1, -0.05) is 121 Å². The Labute approximate surface area is 323 Å². The zero-order chi connectivity index (χ0) is 37.0. The Morgan fingerprint density at radius 3 is 1.54 bits per heavy atom. The fraction of sp³-hybridized carbons (Fsp3) is 0. The van der Waals surface area contributed by atoms with Crippen LogP contribution in [0.5, 0.6) is 0 Å². The molecule has 0 unspecified atom stereocenters. The van der Waals surface area contributed by atoms with E-state index in [1.807, 2.05) is 24.3 Å². The second-order valence-electron chi connectivity index (χ2n) is 14.1. The molecule has 0 saturated heterocycles. The highest BCUT2D eigenvalue weighted by molar-refractivity contribution is 6.13. The van der Waals surface area contributed by atoms with E-state index in [2.05, 4.69) is 192 Å². The van der Waals surface area contributed by atoms with Crippen molar-refractivity contribution in [2.75, 3.05) is 9.80 Å². The number of rotatable bonds is 7. The van der Waals surface area contributed by atoms with Gasteiger partial charge in [0.25, 0.3) is 0 Å². The summed E-state index contributed by atoms with van der Waals surface area (Å²) in [5.41, 5.74) is 12.3. The van der Waals surface area contributed by atoms with E-state index < -0.39 is 0 Å². The minimum Gasteiger partial charge on any atom is -0.456 e. The van der Waals surface area contributed by atoms with Crippen molar-refractivity contribution >= 4 is 88.8 Å².